The number of ether oxygens (including phenoxy) is 2. The molecule has 1 atom stereocenters. The summed E-state index contributed by atoms with van der Waals surface area (Å²) in [5, 5.41) is 12.2. The van der Waals surface area contributed by atoms with E-state index in [1.807, 2.05) is 36.4 Å². The summed E-state index contributed by atoms with van der Waals surface area (Å²) in [6.07, 6.45) is -0.740. The molecule has 0 aliphatic heterocycles. The van der Waals surface area contributed by atoms with E-state index < -0.39 is 18.1 Å². The van der Waals surface area contributed by atoms with Crippen LogP contribution in [0.3, 0.4) is 0 Å². The molecule has 2 N–H and O–H groups in total. The minimum absolute atomic E-state index is 0.0178. The van der Waals surface area contributed by atoms with Crippen molar-refractivity contribution < 1.29 is 24.2 Å². The van der Waals surface area contributed by atoms with Crippen LogP contribution in [-0.2, 0) is 14.3 Å². The molecule has 4 rings (SSSR count). The Bertz CT molecular complexity index is 1050. The Morgan fingerprint density at radius 3 is 2.20 bits per heavy atom. The third kappa shape index (κ3) is 3.72. The van der Waals surface area contributed by atoms with Crippen molar-refractivity contribution >= 4 is 12.1 Å². The maximum absolute atomic E-state index is 12.5. The zero-order valence-corrected chi connectivity index (χ0v) is 16.4. The van der Waals surface area contributed by atoms with E-state index in [1.54, 1.807) is 12.1 Å². The number of phenolic OH excluding ortho intramolecular Hbond substituents is 1. The maximum Gasteiger partial charge on any atom is 0.408 e. The van der Waals surface area contributed by atoms with Gasteiger partial charge in [0.05, 0.1) is 7.11 Å². The van der Waals surface area contributed by atoms with Crippen LogP contribution in [0.5, 0.6) is 5.75 Å². The number of carbonyl (C=O) groups excluding carboxylic acids is 2. The normalized spacial score (nSPS) is 13.1. The maximum atomic E-state index is 12.5. The lowest BCUT2D eigenvalue weighted by Gasteiger charge is -2.19. The molecule has 0 aromatic heterocycles. The summed E-state index contributed by atoms with van der Waals surface area (Å²) < 4.78 is 10.3. The first-order chi connectivity index (χ1) is 14.6. The first kappa shape index (κ1) is 19.5. The summed E-state index contributed by atoms with van der Waals surface area (Å²) in [6, 6.07) is 21.1. The lowest BCUT2D eigenvalue weighted by Crippen LogP contribution is -2.35. The van der Waals surface area contributed by atoms with Gasteiger partial charge in [0.15, 0.2) is 6.04 Å². The zero-order valence-electron chi connectivity index (χ0n) is 16.4. The zero-order chi connectivity index (χ0) is 21.1. The van der Waals surface area contributed by atoms with E-state index in [1.165, 1.54) is 19.2 Å². The molecule has 6 heteroatoms. The van der Waals surface area contributed by atoms with Crippen LogP contribution >= 0.6 is 0 Å². The summed E-state index contributed by atoms with van der Waals surface area (Å²) in [7, 11) is 1.23. The number of esters is 1. The summed E-state index contributed by atoms with van der Waals surface area (Å²) >= 11 is 0. The van der Waals surface area contributed by atoms with Gasteiger partial charge in [0.25, 0.3) is 0 Å². The number of alkyl carbamates (subject to hydrolysis) is 1. The molecule has 1 aliphatic carbocycles. The minimum atomic E-state index is -1.09. The van der Waals surface area contributed by atoms with Crippen molar-refractivity contribution in [2.45, 2.75) is 12.0 Å². The van der Waals surface area contributed by atoms with Crippen LogP contribution in [0.2, 0.25) is 0 Å². The molecule has 30 heavy (non-hydrogen) atoms. The summed E-state index contributed by atoms with van der Waals surface area (Å²) in [5.74, 6) is -0.759. The molecule has 0 radical (unpaired) electrons. The molecular weight excluding hydrogens is 382 g/mol. The average molecular weight is 403 g/mol. The molecule has 1 unspecified atom stereocenters. The van der Waals surface area contributed by atoms with Gasteiger partial charge in [0.1, 0.15) is 12.4 Å². The summed E-state index contributed by atoms with van der Waals surface area (Å²) in [5.41, 5.74) is 4.87. The predicted octanol–water partition coefficient (Wildman–Crippen LogP) is 4.15. The molecule has 0 bridgehead atoms. The van der Waals surface area contributed by atoms with Crippen LogP contribution in [0, 0.1) is 0 Å². The SMILES string of the molecule is COC(=O)C(NC(=O)OCC1c2ccccc2-c2ccccc21)c1cccc(O)c1. The van der Waals surface area contributed by atoms with Gasteiger partial charge in [0, 0.05) is 5.92 Å². The Kier molecular flexibility index (Phi) is 5.39. The van der Waals surface area contributed by atoms with Crippen LogP contribution in [0.1, 0.15) is 28.7 Å². The van der Waals surface area contributed by atoms with Crippen LogP contribution in [0.25, 0.3) is 11.1 Å². The number of carbonyl (C=O) groups is 2. The predicted molar refractivity (Wildman–Crippen MR) is 111 cm³/mol. The molecule has 0 saturated carbocycles. The van der Waals surface area contributed by atoms with Crippen LogP contribution in [0.4, 0.5) is 4.79 Å². The van der Waals surface area contributed by atoms with E-state index in [9.17, 15) is 14.7 Å². The third-order valence-electron chi connectivity index (χ3n) is 5.25. The molecule has 1 aliphatic rings. The fraction of sp³-hybridized carbons (Fsp3) is 0.167. The van der Waals surface area contributed by atoms with Gasteiger partial charge in [-0.1, -0.05) is 60.7 Å². The van der Waals surface area contributed by atoms with E-state index in [-0.39, 0.29) is 18.3 Å². The second-order valence-electron chi connectivity index (χ2n) is 7.02. The molecule has 0 spiro atoms. The first-order valence-corrected chi connectivity index (χ1v) is 9.56. The van der Waals surface area contributed by atoms with Gasteiger partial charge < -0.3 is 19.9 Å². The van der Waals surface area contributed by atoms with Crippen molar-refractivity contribution in [2.75, 3.05) is 13.7 Å². The average Bonchev–Trinajstić information content (AvgIpc) is 3.09. The van der Waals surface area contributed by atoms with Crippen LogP contribution < -0.4 is 5.32 Å². The molecule has 0 saturated heterocycles. The van der Waals surface area contributed by atoms with E-state index in [0.717, 1.165) is 22.3 Å². The Balaban J connectivity index is 1.50. The van der Waals surface area contributed by atoms with Crippen molar-refractivity contribution in [3.05, 3.63) is 89.5 Å². The molecule has 6 nitrogen and oxygen atoms in total. The highest BCUT2D eigenvalue weighted by atomic mass is 16.6. The number of methoxy groups -OCH3 is 1. The Labute approximate surface area is 174 Å². The van der Waals surface area contributed by atoms with Gasteiger partial charge in [-0.15, -0.1) is 0 Å². The molecule has 152 valence electrons. The number of fused-ring (bicyclic) bond motifs is 3. The fourth-order valence-electron chi connectivity index (χ4n) is 3.86. The molecule has 0 heterocycles. The minimum Gasteiger partial charge on any atom is -0.508 e. The van der Waals surface area contributed by atoms with Crippen molar-refractivity contribution in [2.24, 2.45) is 0 Å². The highest BCUT2D eigenvalue weighted by Gasteiger charge is 2.30. The van der Waals surface area contributed by atoms with Gasteiger partial charge >= 0.3 is 12.1 Å². The number of rotatable bonds is 5. The largest absolute Gasteiger partial charge is 0.508 e. The number of nitrogens with one attached hydrogen (secondary N) is 1. The second-order valence-corrected chi connectivity index (χ2v) is 7.02. The third-order valence-corrected chi connectivity index (χ3v) is 5.25. The molecular formula is C24H21NO5. The van der Waals surface area contributed by atoms with Crippen molar-refractivity contribution in [3.8, 4) is 16.9 Å². The Morgan fingerprint density at radius 2 is 1.60 bits per heavy atom. The number of amides is 1. The van der Waals surface area contributed by atoms with Gasteiger partial charge in [-0.3, -0.25) is 0 Å². The van der Waals surface area contributed by atoms with Crippen molar-refractivity contribution in [1.82, 2.24) is 5.32 Å². The number of phenols is 1. The quantitative estimate of drug-likeness (QED) is 0.626. The lowest BCUT2D eigenvalue weighted by atomic mass is 9.98. The standard InChI is InChI=1S/C24H21NO5/c1-29-23(27)22(15-7-6-8-16(26)13-15)25-24(28)30-14-21-19-11-4-2-9-17(19)18-10-3-5-12-20(18)21/h2-13,21-22,26H,14H2,1H3,(H,25,28). The van der Waals surface area contributed by atoms with Crippen LogP contribution in [0.15, 0.2) is 72.8 Å². The Morgan fingerprint density at radius 1 is 0.967 bits per heavy atom. The number of hydrogen-bond acceptors (Lipinski definition) is 5. The highest BCUT2D eigenvalue weighted by Crippen LogP contribution is 2.44. The summed E-state index contributed by atoms with van der Waals surface area (Å²) in [6.45, 7) is 0.133. The number of aromatic hydroxyl groups is 1. The van der Waals surface area contributed by atoms with E-state index in [0.29, 0.717) is 5.56 Å². The molecule has 1 amide bonds. The van der Waals surface area contributed by atoms with Gasteiger partial charge in [-0.05, 0) is 39.9 Å². The van der Waals surface area contributed by atoms with Gasteiger partial charge in [-0.2, -0.15) is 0 Å². The van der Waals surface area contributed by atoms with E-state index in [4.69, 9.17) is 9.47 Å². The van der Waals surface area contributed by atoms with Crippen LogP contribution in [-0.4, -0.2) is 30.9 Å². The fourth-order valence-corrected chi connectivity index (χ4v) is 3.86. The molecule has 0 fully saturated rings. The van der Waals surface area contributed by atoms with Gasteiger partial charge in [0.2, 0.25) is 0 Å². The first-order valence-electron chi connectivity index (χ1n) is 9.56. The highest BCUT2D eigenvalue weighted by molar-refractivity contribution is 5.83. The second kappa shape index (κ2) is 8.29. The molecule has 3 aromatic rings. The van der Waals surface area contributed by atoms with E-state index >= 15 is 0 Å². The topological polar surface area (TPSA) is 84.9 Å². The lowest BCUT2D eigenvalue weighted by molar-refractivity contribution is -0.143. The molecule has 3 aromatic carbocycles. The van der Waals surface area contributed by atoms with Gasteiger partial charge in [-0.25, -0.2) is 9.59 Å². The Hall–Kier alpha value is -3.80. The van der Waals surface area contributed by atoms with Crippen molar-refractivity contribution in [1.29, 1.82) is 0 Å². The summed E-state index contributed by atoms with van der Waals surface area (Å²) in [4.78, 5) is 24.7. The van der Waals surface area contributed by atoms with E-state index in [2.05, 4.69) is 17.4 Å². The smallest absolute Gasteiger partial charge is 0.408 e. The number of hydrogen-bond donors (Lipinski definition) is 2. The number of benzene rings is 3. The monoisotopic (exact) mass is 403 g/mol. The van der Waals surface area contributed by atoms with Crippen molar-refractivity contribution in [3.63, 3.8) is 0 Å².